The Balaban J connectivity index is 1.43. The summed E-state index contributed by atoms with van der Waals surface area (Å²) in [6.07, 6.45) is 5.86. The van der Waals surface area contributed by atoms with Crippen LogP contribution in [0.4, 0.5) is 5.69 Å². The number of nitrogens with one attached hydrogen (secondary N) is 2. The van der Waals surface area contributed by atoms with Crippen molar-refractivity contribution < 1.29 is 4.42 Å². The molecule has 0 amide bonds. The monoisotopic (exact) mass is 443 g/mol. The molecule has 0 bridgehead atoms. The summed E-state index contributed by atoms with van der Waals surface area (Å²) in [5, 5.41) is 8.91. The average Bonchev–Trinajstić information content (AvgIpc) is 3.11. The molecule has 3 aliphatic rings. The Kier molecular flexibility index (Phi) is 5.67. The maximum absolute atomic E-state index is 6.75. The minimum atomic E-state index is -0.133. The molecular weight excluding hydrogens is 410 g/mol. The van der Waals surface area contributed by atoms with E-state index in [0.29, 0.717) is 0 Å². The van der Waals surface area contributed by atoms with Crippen molar-refractivity contribution in [1.29, 1.82) is 0 Å². The molecule has 0 radical (unpaired) electrons. The highest BCUT2D eigenvalue weighted by atomic mass is 35.5. The average molecular weight is 444 g/mol. The third kappa shape index (κ3) is 4.07. The highest BCUT2D eigenvalue weighted by molar-refractivity contribution is 6.34. The third-order valence-corrected chi connectivity index (χ3v) is 7.29. The van der Waals surface area contributed by atoms with Crippen LogP contribution < -0.4 is 10.6 Å². The molecule has 31 heavy (non-hydrogen) atoms. The maximum Gasteiger partial charge on any atom is 0.142 e. The molecule has 0 atom stereocenters. The van der Waals surface area contributed by atoms with E-state index < -0.39 is 0 Å². The van der Waals surface area contributed by atoms with Gasteiger partial charge >= 0.3 is 0 Å². The second kappa shape index (κ2) is 8.32. The molecule has 2 aliphatic heterocycles. The van der Waals surface area contributed by atoms with Crippen molar-refractivity contribution in [2.45, 2.75) is 44.2 Å². The van der Waals surface area contributed by atoms with Crippen LogP contribution in [0.15, 0.2) is 28.9 Å². The fourth-order valence-corrected chi connectivity index (χ4v) is 5.89. The van der Waals surface area contributed by atoms with E-state index in [0.717, 1.165) is 85.5 Å². The summed E-state index contributed by atoms with van der Waals surface area (Å²) in [6, 6.07) is 4.23. The fourth-order valence-electron chi connectivity index (χ4n) is 5.63. The van der Waals surface area contributed by atoms with Crippen molar-refractivity contribution in [2.24, 2.45) is 0 Å². The number of halogens is 1. The normalized spacial score (nSPS) is 22.0. The molecule has 168 valence electrons. The highest BCUT2D eigenvalue weighted by Gasteiger charge is 2.42. The van der Waals surface area contributed by atoms with Gasteiger partial charge in [0.05, 0.1) is 35.3 Å². The summed E-state index contributed by atoms with van der Waals surface area (Å²) < 4.78 is 6.55. The summed E-state index contributed by atoms with van der Waals surface area (Å²) in [5.74, 6) is 1.86. The van der Waals surface area contributed by atoms with E-state index in [4.69, 9.17) is 16.0 Å². The number of nitrogens with zero attached hydrogens (tertiary/aromatic N) is 3. The maximum atomic E-state index is 6.75. The lowest BCUT2D eigenvalue weighted by Gasteiger charge is -2.44. The Morgan fingerprint density at radius 1 is 1.10 bits per heavy atom. The number of fused-ring (bicyclic) bond motifs is 4. The fraction of sp³-hybridized carbons (Fsp3) is 0.583. The molecule has 2 N–H and O–H groups in total. The predicted octanol–water partition coefficient (Wildman–Crippen LogP) is 4.37. The van der Waals surface area contributed by atoms with E-state index in [1.54, 1.807) is 0 Å². The zero-order chi connectivity index (χ0) is 21.6. The molecule has 2 fully saturated rings. The lowest BCUT2D eigenvalue weighted by molar-refractivity contribution is 0.0866. The topological polar surface area (TPSA) is 46.9 Å². The van der Waals surface area contributed by atoms with E-state index in [-0.39, 0.29) is 5.54 Å². The second-order valence-corrected chi connectivity index (χ2v) is 10.1. The minimum absolute atomic E-state index is 0.133. The van der Waals surface area contributed by atoms with Crippen LogP contribution >= 0.6 is 11.6 Å². The van der Waals surface area contributed by atoms with Gasteiger partial charge in [-0.1, -0.05) is 37.4 Å². The first-order valence-electron chi connectivity index (χ1n) is 11.5. The summed E-state index contributed by atoms with van der Waals surface area (Å²) in [6.45, 7) is 10.4. The van der Waals surface area contributed by atoms with Gasteiger partial charge < -0.3 is 15.1 Å². The molecule has 1 aliphatic carbocycles. The predicted molar refractivity (Wildman–Crippen MR) is 127 cm³/mol. The Hall–Kier alpha value is -1.73. The molecule has 2 aromatic rings. The quantitative estimate of drug-likeness (QED) is 0.731. The zero-order valence-corrected chi connectivity index (χ0v) is 19.5. The van der Waals surface area contributed by atoms with E-state index in [9.17, 15) is 0 Å². The SMILES string of the molecule is C=C1Nc2c(Cl)cc3cc(CN4CCN(CN(C)C)CC4)oc3c2C2(CCCCC2)N1. The van der Waals surface area contributed by atoms with Gasteiger partial charge in [-0.05, 0) is 39.1 Å². The number of piperazine rings is 1. The first-order chi connectivity index (χ1) is 14.9. The molecule has 3 heterocycles. The minimum Gasteiger partial charge on any atom is -0.459 e. The van der Waals surface area contributed by atoms with Crippen LogP contribution in [0.25, 0.3) is 11.0 Å². The molecule has 7 heteroatoms. The van der Waals surface area contributed by atoms with Gasteiger partial charge in [0.15, 0.2) is 0 Å². The van der Waals surface area contributed by atoms with Crippen LogP contribution in [0.5, 0.6) is 0 Å². The van der Waals surface area contributed by atoms with Crippen molar-refractivity contribution in [2.75, 3.05) is 52.3 Å². The second-order valence-electron chi connectivity index (χ2n) is 9.73. The Labute approximate surface area is 190 Å². The molecule has 1 saturated carbocycles. The first-order valence-corrected chi connectivity index (χ1v) is 11.9. The Bertz CT molecular complexity index is 970. The van der Waals surface area contributed by atoms with E-state index in [1.807, 2.05) is 6.07 Å². The molecule has 1 saturated heterocycles. The van der Waals surface area contributed by atoms with Gasteiger partial charge in [0.1, 0.15) is 11.3 Å². The van der Waals surface area contributed by atoms with Crippen LogP contribution in [0.1, 0.15) is 43.4 Å². The van der Waals surface area contributed by atoms with Crippen LogP contribution in [0.2, 0.25) is 5.02 Å². The van der Waals surface area contributed by atoms with Gasteiger partial charge in [0, 0.05) is 37.1 Å². The number of hydrogen-bond donors (Lipinski definition) is 2. The molecule has 1 aromatic carbocycles. The molecule has 6 nitrogen and oxygen atoms in total. The Morgan fingerprint density at radius 3 is 2.52 bits per heavy atom. The number of hydrogen-bond acceptors (Lipinski definition) is 6. The first kappa shape index (κ1) is 21.1. The highest BCUT2D eigenvalue weighted by Crippen LogP contribution is 2.49. The Morgan fingerprint density at radius 2 is 1.81 bits per heavy atom. The van der Waals surface area contributed by atoms with E-state index in [2.05, 4.69) is 52.1 Å². The number of benzene rings is 1. The van der Waals surface area contributed by atoms with Crippen molar-refractivity contribution in [3.63, 3.8) is 0 Å². The number of rotatable bonds is 4. The smallest absolute Gasteiger partial charge is 0.142 e. The van der Waals surface area contributed by atoms with Crippen molar-refractivity contribution in [3.8, 4) is 0 Å². The summed E-state index contributed by atoms with van der Waals surface area (Å²) >= 11 is 6.75. The van der Waals surface area contributed by atoms with Crippen molar-refractivity contribution >= 4 is 28.3 Å². The van der Waals surface area contributed by atoms with Crippen molar-refractivity contribution in [3.05, 3.63) is 40.9 Å². The number of anilines is 1. The summed E-state index contributed by atoms with van der Waals surface area (Å²) in [7, 11) is 4.26. The van der Waals surface area contributed by atoms with Gasteiger partial charge in [-0.15, -0.1) is 0 Å². The van der Waals surface area contributed by atoms with Gasteiger partial charge in [-0.3, -0.25) is 14.7 Å². The van der Waals surface area contributed by atoms with E-state index >= 15 is 0 Å². The molecule has 5 rings (SSSR count). The van der Waals surface area contributed by atoms with Gasteiger partial charge in [-0.25, -0.2) is 0 Å². The lowest BCUT2D eigenvalue weighted by atomic mass is 9.74. The van der Waals surface area contributed by atoms with Crippen LogP contribution in [0, 0.1) is 0 Å². The molecule has 1 aromatic heterocycles. The van der Waals surface area contributed by atoms with Gasteiger partial charge in [0.2, 0.25) is 0 Å². The standard InChI is InChI=1S/C24H34ClN5O/c1-17-26-22-20(25)14-18-13-19(15-29-9-11-30(12-10-29)16-28(2)3)31-23(18)21(22)24(27-17)7-5-4-6-8-24/h13-14,26-27H,1,4-12,15-16H2,2-3H3. The molecular formula is C24H34ClN5O. The van der Waals surface area contributed by atoms with Crippen molar-refractivity contribution in [1.82, 2.24) is 20.0 Å². The summed E-state index contributed by atoms with van der Waals surface area (Å²) in [4.78, 5) is 7.23. The molecule has 0 unspecified atom stereocenters. The van der Waals surface area contributed by atoms with E-state index in [1.165, 1.54) is 24.8 Å². The molecule has 1 spiro atoms. The number of furan rings is 1. The van der Waals surface area contributed by atoms with Crippen LogP contribution in [-0.4, -0.2) is 61.6 Å². The largest absolute Gasteiger partial charge is 0.459 e. The zero-order valence-electron chi connectivity index (χ0n) is 18.8. The van der Waals surface area contributed by atoms with Gasteiger partial charge in [0.25, 0.3) is 0 Å². The third-order valence-electron chi connectivity index (χ3n) is 6.99. The van der Waals surface area contributed by atoms with Crippen LogP contribution in [0.3, 0.4) is 0 Å². The van der Waals surface area contributed by atoms with Crippen LogP contribution in [-0.2, 0) is 12.1 Å². The van der Waals surface area contributed by atoms with Gasteiger partial charge in [-0.2, -0.15) is 0 Å². The lowest BCUT2D eigenvalue weighted by Crippen LogP contribution is -2.48. The summed E-state index contributed by atoms with van der Waals surface area (Å²) in [5.41, 5.74) is 3.02.